The Morgan fingerprint density at radius 3 is 2.37 bits per heavy atom. The van der Waals surface area contributed by atoms with Gasteiger partial charge in [0.2, 0.25) is 0 Å². The molecule has 0 saturated heterocycles. The number of rotatable bonds is 3. The second-order valence-corrected chi connectivity index (χ2v) is 8.50. The van der Waals surface area contributed by atoms with Crippen LogP contribution in [0, 0.1) is 5.82 Å². The van der Waals surface area contributed by atoms with E-state index in [2.05, 4.69) is 15.9 Å². The largest absolute Gasteiger partial charge is 0.431 e. The van der Waals surface area contributed by atoms with Crippen molar-refractivity contribution < 1.29 is 17.6 Å². The summed E-state index contributed by atoms with van der Waals surface area (Å²) in [6, 6.07) is 2.75. The summed E-state index contributed by atoms with van der Waals surface area (Å²) in [6.45, 7) is 0. The number of hydrogen-bond donors (Lipinski definition) is 0. The van der Waals surface area contributed by atoms with Gasteiger partial charge in [-0.3, -0.25) is 9.36 Å². The van der Waals surface area contributed by atoms with Crippen molar-refractivity contribution in [2.45, 2.75) is 42.0 Å². The first-order chi connectivity index (χ1) is 12.6. The van der Waals surface area contributed by atoms with Crippen molar-refractivity contribution in [3.63, 3.8) is 0 Å². The normalized spacial score (nSPS) is 15.5. The van der Waals surface area contributed by atoms with Crippen LogP contribution < -0.4 is 11.2 Å². The molecule has 1 fully saturated rings. The zero-order valence-corrected chi connectivity index (χ0v) is 16.5. The average Bonchev–Trinajstić information content (AvgIpc) is 3.07. The third-order valence-electron chi connectivity index (χ3n) is 4.45. The molecule has 146 valence electrons. The molecule has 0 unspecified atom stereocenters. The molecule has 1 aromatic heterocycles. The number of aromatic nitrogens is 2. The maximum Gasteiger partial charge on any atom is 0.431 e. The Bertz CT molecular complexity index is 994. The molecule has 0 bridgehead atoms. The standard InChI is InChI=1S/C17H15BrF4N2O2S/c1-23-14(17(20,21)22)8-15(25)24(16(23)26)12-7-13(10(18)6-11(12)19)27-9-4-2-3-5-9/h6-9H,2-5H2,1H3. The molecule has 0 amide bonds. The number of nitrogens with zero attached hydrogens (tertiary/aromatic N) is 2. The van der Waals surface area contributed by atoms with Crippen LogP contribution in [0.15, 0.2) is 37.2 Å². The third kappa shape index (κ3) is 4.01. The number of halogens is 5. The minimum absolute atomic E-state index is 0.298. The monoisotopic (exact) mass is 466 g/mol. The number of benzene rings is 1. The number of alkyl halides is 3. The quantitative estimate of drug-likeness (QED) is 0.625. The molecule has 1 aliphatic carbocycles. The molecule has 0 N–H and O–H groups in total. The van der Waals surface area contributed by atoms with Gasteiger partial charge in [-0.05, 0) is 40.9 Å². The maximum absolute atomic E-state index is 14.5. The van der Waals surface area contributed by atoms with E-state index in [-0.39, 0.29) is 5.69 Å². The molecule has 0 spiro atoms. The van der Waals surface area contributed by atoms with Crippen LogP contribution in [0.25, 0.3) is 5.69 Å². The Balaban J connectivity index is 2.15. The molecule has 1 heterocycles. The summed E-state index contributed by atoms with van der Waals surface area (Å²) >= 11 is 4.77. The van der Waals surface area contributed by atoms with Gasteiger partial charge in [-0.2, -0.15) is 13.2 Å². The first kappa shape index (κ1) is 20.2. The van der Waals surface area contributed by atoms with Gasteiger partial charge in [-0.25, -0.2) is 13.8 Å². The van der Waals surface area contributed by atoms with Gasteiger partial charge in [0.25, 0.3) is 5.56 Å². The van der Waals surface area contributed by atoms with Gasteiger partial charge in [-0.1, -0.05) is 12.8 Å². The maximum atomic E-state index is 14.5. The van der Waals surface area contributed by atoms with Gasteiger partial charge >= 0.3 is 11.9 Å². The van der Waals surface area contributed by atoms with Crippen LogP contribution in [0.3, 0.4) is 0 Å². The molecule has 0 atom stereocenters. The van der Waals surface area contributed by atoms with Crippen LogP contribution in [0.5, 0.6) is 0 Å². The topological polar surface area (TPSA) is 44.0 Å². The molecule has 10 heteroatoms. The summed E-state index contributed by atoms with van der Waals surface area (Å²) in [6.07, 6.45) is -0.657. The van der Waals surface area contributed by atoms with E-state index in [0.717, 1.165) is 38.8 Å². The van der Waals surface area contributed by atoms with E-state index in [9.17, 15) is 27.2 Å². The van der Waals surface area contributed by atoms with Crippen LogP contribution in [0.4, 0.5) is 17.6 Å². The smallest absolute Gasteiger partial charge is 0.292 e. The van der Waals surface area contributed by atoms with Crippen molar-refractivity contribution in [1.29, 1.82) is 0 Å². The molecule has 1 saturated carbocycles. The molecular weight excluding hydrogens is 452 g/mol. The van der Waals surface area contributed by atoms with Crippen LogP contribution >= 0.6 is 27.7 Å². The summed E-state index contributed by atoms with van der Waals surface area (Å²) in [5, 5.41) is 0.340. The highest BCUT2D eigenvalue weighted by atomic mass is 79.9. The first-order valence-electron chi connectivity index (χ1n) is 8.16. The predicted octanol–water partition coefficient (Wildman–Crippen LogP) is 4.49. The van der Waals surface area contributed by atoms with E-state index >= 15 is 0 Å². The minimum Gasteiger partial charge on any atom is -0.292 e. The second kappa shape index (κ2) is 7.46. The van der Waals surface area contributed by atoms with E-state index in [1.807, 2.05) is 0 Å². The van der Waals surface area contributed by atoms with Gasteiger partial charge in [0.1, 0.15) is 11.5 Å². The Morgan fingerprint density at radius 2 is 1.78 bits per heavy atom. The molecule has 2 aromatic rings. The predicted molar refractivity (Wildman–Crippen MR) is 98.1 cm³/mol. The lowest BCUT2D eigenvalue weighted by Gasteiger charge is -2.16. The van der Waals surface area contributed by atoms with Crippen molar-refractivity contribution in [3.05, 3.63) is 55.0 Å². The summed E-state index contributed by atoms with van der Waals surface area (Å²) in [7, 11) is 0.895. The molecule has 4 nitrogen and oxygen atoms in total. The highest BCUT2D eigenvalue weighted by molar-refractivity contribution is 9.10. The molecule has 0 aliphatic heterocycles. The van der Waals surface area contributed by atoms with Gasteiger partial charge < -0.3 is 0 Å². The number of hydrogen-bond acceptors (Lipinski definition) is 3. The van der Waals surface area contributed by atoms with E-state index in [1.54, 1.807) is 0 Å². The highest BCUT2D eigenvalue weighted by Gasteiger charge is 2.35. The molecule has 3 rings (SSSR count). The fraction of sp³-hybridized carbons (Fsp3) is 0.412. The zero-order valence-electron chi connectivity index (χ0n) is 14.1. The highest BCUT2D eigenvalue weighted by Crippen LogP contribution is 2.39. The van der Waals surface area contributed by atoms with Gasteiger partial charge in [-0.15, -0.1) is 11.8 Å². The lowest BCUT2D eigenvalue weighted by molar-refractivity contribution is -0.144. The molecular formula is C17H15BrF4N2O2S. The van der Waals surface area contributed by atoms with Gasteiger partial charge in [0, 0.05) is 27.7 Å². The third-order valence-corrected chi connectivity index (χ3v) is 6.76. The Kier molecular flexibility index (Phi) is 5.58. The van der Waals surface area contributed by atoms with Crippen LogP contribution in [-0.4, -0.2) is 14.4 Å². The molecule has 1 aromatic carbocycles. The van der Waals surface area contributed by atoms with Crippen molar-refractivity contribution in [1.82, 2.24) is 9.13 Å². The zero-order chi connectivity index (χ0) is 19.9. The lowest BCUT2D eigenvalue weighted by atomic mass is 10.3. The molecule has 27 heavy (non-hydrogen) atoms. The van der Waals surface area contributed by atoms with Crippen molar-refractivity contribution in [3.8, 4) is 5.69 Å². The Hall–Kier alpha value is -1.55. The van der Waals surface area contributed by atoms with Gasteiger partial charge in [0.15, 0.2) is 0 Å². The summed E-state index contributed by atoms with van der Waals surface area (Å²) in [4.78, 5) is 25.2. The van der Waals surface area contributed by atoms with E-state index in [0.29, 0.717) is 29.8 Å². The van der Waals surface area contributed by atoms with Crippen LogP contribution in [0.1, 0.15) is 31.4 Å². The fourth-order valence-corrected chi connectivity index (χ4v) is 4.96. The first-order valence-corrected chi connectivity index (χ1v) is 9.83. The lowest BCUT2D eigenvalue weighted by Crippen LogP contribution is -2.41. The Morgan fingerprint density at radius 1 is 1.15 bits per heavy atom. The van der Waals surface area contributed by atoms with E-state index < -0.39 is 28.9 Å². The number of thioether (sulfide) groups is 1. The van der Waals surface area contributed by atoms with Gasteiger partial charge in [0.05, 0.1) is 5.69 Å². The SMILES string of the molecule is Cn1c(C(F)(F)F)cc(=O)n(-c2cc(SC3CCCC3)c(Br)cc2F)c1=O. The van der Waals surface area contributed by atoms with E-state index in [1.165, 1.54) is 17.8 Å². The Labute approximate surface area is 164 Å². The van der Waals surface area contributed by atoms with Crippen molar-refractivity contribution in [2.75, 3.05) is 0 Å². The summed E-state index contributed by atoms with van der Waals surface area (Å²) < 4.78 is 54.6. The van der Waals surface area contributed by atoms with Crippen molar-refractivity contribution in [2.24, 2.45) is 7.05 Å². The average molecular weight is 467 g/mol. The second-order valence-electron chi connectivity index (χ2n) is 6.30. The fourth-order valence-electron chi connectivity index (χ4n) is 3.09. The summed E-state index contributed by atoms with van der Waals surface area (Å²) in [5.74, 6) is -0.878. The van der Waals surface area contributed by atoms with Crippen LogP contribution in [-0.2, 0) is 13.2 Å². The molecule has 0 radical (unpaired) electrons. The van der Waals surface area contributed by atoms with Crippen molar-refractivity contribution >= 4 is 27.7 Å². The molecule has 1 aliphatic rings. The van der Waals surface area contributed by atoms with Crippen LogP contribution in [0.2, 0.25) is 0 Å². The minimum atomic E-state index is -4.87. The van der Waals surface area contributed by atoms with E-state index in [4.69, 9.17) is 0 Å². The summed E-state index contributed by atoms with van der Waals surface area (Å²) in [5.41, 5.74) is -4.24.